The van der Waals surface area contributed by atoms with Gasteiger partial charge in [0, 0.05) is 11.3 Å². The van der Waals surface area contributed by atoms with Crippen molar-refractivity contribution in [3.05, 3.63) is 82.9 Å². The van der Waals surface area contributed by atoms with Crippen molar-refractivity contribution in [2.45, 2.75) is 36.3 Å². The summed E-state index contributed by atoms with van der Waals surface area (Å²) < 4.78 is 55.2. The highest BCUT2D eigenvalue weighted by Gasteiger charge is 2.29. The molecular weight excluding hydrogens is 481 g/mol. The van der Waals surface area contributed by atoms with Gasteiger partial charge in [-0.25, -0.2) is 4.79 Å². The van der Waals surface area contributed by atoms with Gasteiger partial charge in [-0.05, 0) is 60.4 Å². The Kier molecular flexibility index (Phi) is 7.75. The normalized spacial score (nSPS) is 13.0. The molecule has 1 aliphatic rings. The summed E-state index contributed by atoms with van der Waals surface area (Å²) >= 11 is 1.59. The monoisotopic (exact) mass is 504 g/mol. The zero-order valence-corrected chi connectivity index (χ0v) is 19.5. The van der Waals surface area contributed by atoms with E-state index in [1.54, 1.807) is 23.9 Å². The van der Waals surface area contributed by atoms with E-state index in [2.05, 4.69) is 0 Å². The van der Waals surface area contributed by atoms with Gasteiger partial charge in [0.2, 0.25) is 0 Å². The Morgan fingerprint density at radius 3 is 2.57 bits per heavy atom. The third-order valence-corrected chi connectivity index (χ3v) is 6.44. The van der Waals surface area contributed by atoms with Crippen molar-refractivity contribution < 1.29 is 37.3 Å². The van der Waals surface area contributed by atoms with E-state index in [-0.39, 0.29) is 6.61 Å². The molecule has 1 aliphatic heterocycles. The predicted octanol–water partition coefficient (Wildman–Crippen LogP) is 6.37. The number of halogens is 3. The van der Waals surface area contributed by atoms with Crippen molar-refractivity contribution in [1.82, 2.24) is 0 Å². The van der Waals surface area contributed by atoms with E-state index in [0.29, 0.717) is 29.4 Å². The summed E-state index contributed by atoms with van der Waals surface area (Å²) in [6.07, 6.45) is -2.77. The molecule has 1 N–H and O–H groups in total. The van der Waals surface area contributed by atoms with Crippen LogP contribution in [0.2, 0.25) is 0 Å². The number of aliphatic carboxylic acids is 1. The molecule has 35 heavy (non-hydrogen) atoms. The summed E-state index contributed by atoms with van der Waals surface area (Å²) in [6.45, 7) is 0.350. The van der Waals surface area contributed by atoms with Crippen LogP contribution in [0.1, 0.15) is 28.7 Å². The average Bonchev–Trinajstić information content (AvgIpc) is 2.85. The molecule has 9 heteroatoms. The second-order valence-electron chi connectivity index (χ2n) is 7.92. The summed E-state index contributed by atoms with van der Waals surface area (Å²) in [5, 5.41) is 8.90. The number of alkyl halides is 3. The van der Waals surface area contributed by atoms with Crippen molar-refractivity contribution in [2.75, 3.05) is 13.2 Å². The van der Waals surface area contributed by atoms with Crippen molar-refractivity contribution in [2.24, 2.45) is 0 Å². The number of hydrogen-bond acceptors (Lipinski definition) is 5. The second-order valence-corrected chi connectivity index (χ2v) is 8.94. The third-order valence-electron chi connectivity index (χ3n) is 5.33. The molecule has 3 aromatic rings. The topological polar surface area (TPSA) is 65.0 Å². The van der Waals surface area contributed by atoms with Crippen LogP contribution < -0.4 is 14.2 Å². The lowest BCUT2D eigenvalue weighted by Crippen LogP contribution is -2.14. The van der Waals surface area contributed by atoms with E-state index in [0.717, 1.165) is 46.7 Å². The maximum atomic E-state index is 12.7. The SMILES string of the molecule is O=C(O)COc1ccc(SCc2cccc(OCc3ccc(C(F)(F)F)cc3)c2)c2c1CCCO2. The Bertz CT molecular complexity index is 1180. The number of fused-ring (bicyclic) bond motifs is 1. The number of hydrogen-bond donors (Lipinski definition) is 1. The van der Waals surface area contributed by atoms with E-state index in [1.807, 2.05) is 24.3 Å². The van der Waals surface area contributed by atoms with E-state index in [9.17, 15) is 18.0 Å². The molecule has 3 aromatic carbocycles. The maximum absolute atomic E-state index is 12.7. The first-order valence-electron chi connectivity index (χ1n) is 10.9. The van der Waals surface area contributed by atoms with Crippen LogP contribution in [-0.2, 0) is 29.8 Å². The number of thioether (sulfide) groups is 1. The lowest BCUT2D eigenvalue weighted by atomic mass is 10.1. The van der Waals surface area contributed by atoms with Crippen LogP contribution in [0.25, 0.3) is 0 Å². The van der Waals surface area contributed by atoms with Crippen molar-refractivity contribution in [3.63, 3.8) is 0 Å². The predicted molar refractivity (Wildman–Crippen MR) is 125 cm³/mol. The van der Waals surface area contributed by atoms with Crippen LogP contribution in [0, 0.1) is 0 Å². The van der Waals surface area contributed by atoms with Gasteiger partial charge in [0.25, 0.3) is 0 Å². The van der Waals surface area contributed by atoms with Crippen molar-refractivity contribution in [3.8, 4) is 17.2 Å². The van der Waals surface area contributed by atoms with E-state index in [4.69, 9.17) is 19.3 Å². The van der Waals surface area contributed by atoms with Crippen LogP contribution >= 0.6 is 11.8 Å². The molecule has 0 aromatic heterocycles. The van der Waals surface area contributed by atoms with Crippen molar-refractivity contribution in [1.29, 1.82) is 0 Å². The number of carboxylic acid groups (broad SMARTS) is 1. The maximum Gasteiger partial charge on any atom is 0.416 e. The molecule has 0 unspecified atom stereocenters. The van der Waals surface area contributed by atoms with Gasteiger partial charge in [-0.15, -0.1) is 11.8 Å². The molecule has 184 valence electrons. The summed E-state index contributed by atoms with van der Waals surface area (Å²) in [7, 11) is 0. The quantitative estimate of drug-likeness (QED) is 0.342. The third kappa shape index (κ3) is 6.63. The zero-order chi connectivity index (χ0) is 24.8. The second kappa shape index (κ2) is 10.9. The van der Waals surface area contributed by atoms with Crippen LogP contribution in [-0.4, -0.2) is 24.3 Å². The van der Waals surface area contributed by atoms with Crippen molar-refractivity contribution >= 4 is 17.7 Å². The molecule has 0 atom stereocenters. The minimum Gasteiger partial charge on any atom is -0.492 e. The number of carbonyl (C=O) groups is 1. The zero-order valence-electron chi connectivity index (χ0n) is 18.6. The van der Waals surface area contributed by atoms with Gasteiger partial charge < -0.3 is 19.3 Å². The summed E-state index contributed by atoms with van der Waals surface area (Å²) in [5.74, 6) is 1.50. The van der Waals surface area contributed by atoms with Gasteiger partial charge in [0.15, 0.2) is 6.61 Å². The van der Waals surface area contributed by atoms with Gasteiger partial charge in [0.1, 0.15) is 23.9 Å². The molecule has 0 bridgehead atoms. The number of benzene rings is 3. The number of carboxylic acids is 1. The van der Waals surface area contributed by atoms with Crippen LogP contribution in [0.3, 0.4) is 0 Å². The molecule has 0 aliphatic carbocycles. The fraction of sp³-hybridized carbons (Fsp3) is 0.269. The van der Waals surface area contributed by atoms with E-state index < -0.39 is 24.3 Å². The highest BCUT2D eigenvalue weighted by atomic mass is 32.2. The van der Waals surface area contributed by atoms with Gasteiger partial charge in [-0.2, -0.15) is 13.2 Å². The molecule has 0 fully saturated rings. The van der Waals surface area contributed by atoms with Gasteiger partial charge in [-0.1, -0.05) is 24.3 Å². The summed E-state index contributed by atoms with van der Waals surface area (Å²) in [5.41, 5.74) is 1.85. The Labute approximate surface area is 204 Å². The Morgan fingerprint density at radius 1 is 1.03 bits per heavy atom. The van der Waals surface area contributed by atoms with Gasteiger partial charge >= 0.3 is 12.1 Å². The minimum atomic E-state index is -4.36. The smallest absolute Gasteiger partial charge is 0.416 e. The molecular formula is C26H23F3O5S. The summed E-state index contributed by atoms with van der Waals surface area (Å²) in [4.78, 5) is 11.8. The molecule has 4 rings (SSSR count). The Hall–Kier alpha value is -3.33. The molecule has 0 saturated carbocycles. The van der Waals surface area contributed by atoms with Gasteiger partial charge in [0.05, 0.1) is 17.1 Å². The van der Waals surface area contributed by atoms with E-state index in [1.165, 1.54) is 12.1 Å². The minimum absolute atomic E-state index is 0.161. The first kappa shape index (κ1) is 24.8. The van der Waals surface area contributed by atoms with Crippen LogP contribution in [0.4, 0.5) is 13.2 Å². The van der Waals surface area contributed by atoms with Crippen LogP contribution in [0.5, 0.6) is 17.2 Å². The molecule has 1 heterocycles. The number of ether oxygens (including phenoxy) is 3. The molecule has 5 nitrogen and oxygen atoms in total. The standard InChI is InChI=1S/C26H23F3O5S/c27-26(28,29)19-8-6-17(7-9-19)14-33-20-4-1-3-18(13-20)16-35-23-11-10-22(34-15-24(30)31)21-5-2-12-32-25(21)23/h1,3-4,6-11,13H,2,5,12,14-16H2,(H,30,31). The highest BCUT2D eigenvalue weighted by molar-refractivity contribution is 7.98. The Morgan fingerprint density at radius 2 is 1.83 bits per heavy atom. The highest BCUT2D eigenvalue weighted by Crippen LogP contribution is 2.42. The molecule has 0 spiro atoms. The first-order valence-corrected chi connectivity index (χ1v) is 11.9. The summed E-state index contributed by atoms with van der Waals surface area (Å²) in [6, 6.07) is 16.1. The van der Waals surface area contributed by atoms with Gasteiger partial charge in [-0.3, -0.25) is 0 Å². The fourth-order valence-corrected chi connectivity index (χ4v) is 4.62. The Balaban J connectivity index is 1.39. The first-order chi connectivity index (χ1) is 16.8. The number of rotatable bonds is 9. The lowest BCUT2D eigenvalue weighted by molar-refractivity contribution is -0.139. The lowest BCUT2D eigenvalue weighted by Gasteiger charge is -2.22. The van der Waals surface area contributed by atoms with Crippen LogP contribution in [0.15, 0.2) is 65.6 Å². The molecule has 0 radical (unpaired) electrons. The molecule has 0 saturated heterocycles. The average molecular weight is 505 g/mol. The molecule has 0 amide bonds. The largest absolute Gasteiger partial charge is 0.492 e. The fourth-order valence-electron chi connectivity index (χ4n) is 3.64. The van der Waals surface area contributed by atoms with E-state index >= 15 is 0 Å².